The second-order valence-corrected chi connectivity index (χ2v) is 7.24. The van der Waals surface area contributed by atoms with Crippen LogP contribution in [0, 0.1) is 12.7 Å². The second kappa shape index (κ2) is 6.55. The normalized spacial score (nSPS) is 12.8. The van der Waals surface area contributed by atoms with Crippen LogP contribution < -0.4 is 10.5 Å². The first-order valence-electron chi connectivity index (χ1n) is 9.36. The highest BCUT2D eigenvalue weighted by atomic mass is 19.1. The van der Waals surface area contributed by atoms with Crippen molar-refractivity contribution in [2.45, 2.75) is 13.3 Å². The molecule has 3 N–H and O–H groups in total. The number of anilines is 1. The topological polar surface area (TPSA) is 98.8 Å². The van der Waals surface area contributed by atoms with Gasteiger partial charge in [0.15, 0.2) is 17.3 Å². The van der Waals surface area contributed by atoms with Crippen LogP contribution in [0.3, 0.4) is 0 Å². The number of hydrogen-bond donors (Lipinski definition) is 2. The molecule has 8 heteroatoms. The van der Waals surface area contributed by atoms with E-state index in [1.807, 2.05) is 25.1 Å². The molecule has 1 aliphatic rings. The van der Waals surface area contributed by atoms with Crippen molar-refractivity contribution in [3.05, 3.63) is 70.4 Å². The maximum Gasteiger partial charge on any atom is 0.194 e. The Balaban J connectivity index is 1.48. The molecule has 2 heterocycles. The Hall–Kier alpha value is -3.94. The highest BCUT2D eigenvalue weighted by Gasteiger charge is 2.25. The first kappa shape index (κ1) is 18.1. The van der Waals surface area contributed by atoms with E-state index in [0.29, 0.717) is 17.6 Å². The van der Waals surface area contributed by atoms with Gasteiger partial charge in [0.05, 0.1) is 35.6 Å². The quantitative estimate of drug-likeness (QED) is 0.507. The number of carbonyl (C=O) groups excluding carboxylic acids is 1. The number of Topliss-reactive ketones (excluding diaryl/α,β-unsaturated/α-hetero) is 1. The van der Waals surface area contributed by atoms with Crippen molar-refractivity contribution in [2.24, 2.45) is 0 Å². The number of nitrogens with one attached hydrogen (secondary N) is 1. The molecule has 30 heavy (non-hydrogen) atoms. The zero-order chi connectivity index (χ0) is 21.0. The fourth-order valence-electron chi connectivity index (χ4n) is 3.81. The third-order valence-corrected chi connectivity index (χ3v) is 5.30. The molecule has 0 radical (unpaired) electrons. The second-order valence-electron chi connectivity index (χ2n) is 7.24. The average molecular weight is 403 g/mol. The fourth-order valence-corrected chi connectivity index (χ4v) is 3.81. The number of fused-ring (bicyclic) bond motifs is 2. The third kappa shape index (κ3) is 2.76. The summed E-state index contributed by atoms with van der Waals surface area (Å²) in [6.45, 7) is 1.88. The molecule has 0 aliphatic heterocycles. The number of aromatic nitrogens is 4. The van der Waals surface area contributed by atoms with Crippen molar-refractivity contribution < 1.29 is 13.9 Å². The minimum Gasteiger partial charge on any atom is -0.494 e. The van der Waals surface area contributed by atoms with Crippen LogP contribution in [0.25, 0.3) is 22.8 Å². The highest BCUT2D eigenvalue weighted by molar-refractivity contribution is 6.15. The molecule has 0 bridgehead atoms. The zero-order valence-corrected chi connectivity index (χ0v) is 16.4. The molecular formula is C22H18FN5O2. The number of hydrogen-bond acceptors (Lipinski definition) is 5. The number of rotatable bonds is 4. The van der Waals surface area contributed by atoms with Gasteiger partial charge in [-0.2, -0.15) is 5.10 Å². The van der Waals surface area contributed by atoms with Crippen molar-refractivity contribution in [3.63, 3.8) is 0 Å². The van der Waals surface area contributed by atoms with Crippen molar-refractivity contribution in [1.82, 2.24) is 19.7 Å². The number of halogens is 1. The standard InChI is InChI=1S/C22H18FN5O2/c1-11-26-18-4-3-15(9-19(18)27-11)28-22(24)16(10-25-28)21(29)14-5-12-7-17(23)20(30-2)8-13(12)6-14/h3-4,6-10H,5,24H2,1-2H3,(H,26,27). The van der Waals surface area contributed by atoms with E-state index in [-0.39, 0.29) is 17.4 Å². The number of aromatic amines is 1. The number of H-pyrrole nitrogens is 1. The van der Waals surface area contributed by atoms with Gasteiger partial charge in [0, 0.05) is 12.0 Å². The number of benzene rings is 2. The molecule has 4 aromatic rings. The smallest absolute Gasteiger partial charge is 0.194 e. The number of aryl methyl sites for hydroxylation is 1. The number of allylic oxidation sites excluding steroid dienone is 1. The predicted molar refractivity (Wildman–Crippen MR) is 111 cm³/mol. The molecule has 0 fully saturated rings. The third-order valence-electron chi connectivity index (χ3n) is 5.30. The Morgan fingerprint density at radius 1 is 1.30 bits per heavy atom. The van der Waals surface area contributed by atoms with Crippen LogP contribution in [0.4, 0.5) is 10.2 Å². The molecular weight excluding hydrogens is 385 g/mol. The van der Waals surface area contributed by atoms with E-state index < -0.39 is 5.82 Å². The van der Waals surface area contributed by atoms with Crippen LogP contribution in [0.5, 0.6) is 5.75 Å². The van der Waals surface area contributed by atoms with E-state index >= 15 is 0 Å². The number of ether oxygens (including phenoxy) is 1. The number of nitrogen functional groups attached to an aromatic ring is 1. The van der Waals surface area contributed by atoms with Gasteiger partial charge in [0.1, 0.15) is 11.6 Å². The lowest BCUT2D eigenvalue weighted by molar-refractivity contribution is 0.103. The Morgan fingerprint density at radius 3 is 2.93 bits per heavy atom. The Bertz CT molecular complexity index is 1370. The summed E-state index contributed by atoms with van der Waals surface area (Å²) >= 11 is 0. The lowest BCUT2D eigenvalue weighted by Crippen LogP contribution is -2.08. The van der Waals surface area contributed by atoms with Gasteiger partial charge >= 0.3 is 0 Å². The van der Waals surface area contributed by atoms with Gasteiger partial charge in [-0.05, 0) is 54.5 Å². The van der Waals surface area contributed by atoms with Gasteiger partial charge in [-0.25, -0.2) is 14.1 Å². The summed E-state index contributed by atoms with van der Waals surface area (Å²) in [6.07, 6.45) is 3.54. The highest BCUT2D eigenvalue weighted by Crippen LogP contribution is 2.33. The van der Waals surface area contributed by atoms with Gasteiger partial charge in [-0.3, -0.25) is 4.79 Å². The largest absolute Gasteiger partial charge is 0.494 e. The Labute approximate surface area is 171 Å². The number of imidazole rings is 1. The first-order valence-corrected chi connectivity index (χ1v) is 9.36. The van der Waals surface area contributed by atoms with E-state index in [9.17, 15) is 9.18 Å². The van der Waals surface area contributed by atoms with Gasteiger partial charge in [-0.15, -0.1) is 0 Å². The minimum absolute atomic E-state index is 0.149. The zero-order valence-electron chi connectivity index (χ0n) is 16.4. The molecule has 0 atom stereocenters. The van der Waals surface area contributed by atoms with Gasteiger partial charge in [-0.1, -0.05) is 0 Å². The van der Waals surface area contributed by atoms with Crippen molar-refractivity contribution in [3.8, 4) is 11.4 Å². The maximum atomic E-state index is 14.0. The van der Waals surface area contributed by atoms with Crippen LogP contribution in [0.15, 0.2) is 42.1 Å². The van der Waals surface area contributed by atoms with E-state index in [4.69, 9.17) is 10.5 Å². The molecule has 2 aromatic heterocycles. The number of nitrogens with zero attached hydrogens (tertiary/aromatic N) is 3. The summed E-state index contributed by atoms with van der Waals surface area (Å²) in [5.41, 5.74) is 11.0. The number of nitrogens with two attached hydrogens (primary N) is 1. The minimum atomic E-state index is -0.449. The summed E-state index contributed by atoms with van der Waals surface area (Å²) in [7, 11) is 1.41. The van der Waals surface area contributed by atoms with Crippen LogP contribution >= 0.6 is 0 Å². The van der Waals surface area contributed by atoms with Crippen molar-refractivity contribution in [2.75, 3.05) is 12.8 Å². The molecule has 1 aliphatic carbocycles. The summed E-state index contributed by atoms with van der Waals surface area (Å²) in [6, 6.07) is 8.60. The van der Waals surface area contributed by atoms with Gasteiger partial charge in [0.2, 0.25) is 0 Å². The summed E-state index contributed by atoms with van der Waals surface area (Å²) < 4.78 is 20.5. The van der Waals surface area contributed by atoms with E-state index in [2.05, 4.69) is 15.1 Å². The summed E-state index contributed by atoms with van der Waals surface area (Å²) in [5.74, 6) is 0.529. The number of ketones is 1. The van der Waals surface area contributed by atoms with Gasteiger partial charge < -0.3 is 15.5 Å². The average Bonchev–Trinajstić information content (AvgIpc) is 3.41. The Morgan fingerprint density at radius 2 is 2.13 bits per heavy atom. The molecule has 0 amide bonds. The van der Waals surface area contributed by atoms with Crippen LogP contribution in [0.1, 0.15) is 27.3 Å². The maximum absolute atomic E-state index is 14.0. The number of methoxy groups -OCH3 is 1. The molecule has 0 saturated heterocycles. The molecule has 0 spiro atoms. The Kier molecular flexibility index (Phi) is 3.95. The molecule has 7 nitrogen and oxygen atoms in total. The van der Waals surface area contributed by atoms with Crippen molar-refractivity contribution in [1.29, 1.82) is 0 Å². The SMILES string of the molecule is COc1cc2c(cc1F)CC(C(=O)c1cnn(-c3ccc4nc(C)[nH]c4c3)c1N)=C2. The molecule has 5 rings (SSSR count). The molecule has 0 saturated carbocycles. The summed E-state index contributed by atoms with van der Waals surface area (Å²) in [5, 5.41) is 4.31. The van der Waals surface area contributed by atoms with Crippen LogP contribution in [-0.4, -0.2) is 32.6 Å². The predicted octanol–water partition coefficient (Wildman–Crippen LogP) is 3.61. The molecule has 0 unspecified atom stereocenters. The van der Waals surface area contributed by atoms with E-state index in [0.717, 1.165) is 33.7 Å². The lowest BCUT2D eigenvalue weighted by atomic mass is 10.0. The van der Waals surface area contributed by atoms with E-state index in [1.165, 1.54) is 24.1 Å². The van der Waals surface area contributed by atoms with Crippen molar-refractivity contribution >= 4 is 28.7 Å². The fraction of sp³-hybridized carbons (Fsp3) is 0.136. The number of carbonyl (C=O) groups is 1. The summed E-state index contributed by atoms with van der Waals surface area (Å²) in [4.78, 5) is 20.7. The van der Waals surface area contributed by atoms with E-state index in [1.54, 1.807) is 12.1 Å². The van der Waals surface area contributed by atoms with Crippen LogP contribution in [-0.2, 0) is 6.42 Å². The molecule has 2 aromatic carbocycles. The lowest BCUT2D eigenvalue weighted by Gasteiger charge is -2.06. The van der Waals surface area contributed by atoms with Crippen LogP contribution in [0.2, 0.25) is 0 Å². The first-order chi connectivity index (χ1) is 14.4. The molecule has 150 valence electrons. The monoisotopic (exact) mass is 403 g/mol. The van der Waals surface area contributed by atoms with Gasteiger partial charge in [0.25, 0.3) is 0 Å².